The van der Waals surface area contributed by atoms with Gasteiger partial charge >= 0.3 is 12.3 Å². The number of halogens is 3. The maximum atomic E-state index is 13.2. The maximum absolute atomic E-state index is 13.2. The first-order chi connectivity index (χ1) is 15.8. The Morgan fingerprint density at radius 1 is 1.21 bits per heavy atom. The van der Waals surface area contributed by atoms with Gasteiger partial charge in [-0.3, -0.25) is 10.2 Å². The van der Waals surface area contributed by atoms with Crippen molar-refractivity contribution < 1.29 is 22.7 Å². The topological polar surface area (TPSA) is 125 Å². The van der Waals surface area contributed by atoms with Crippen molar-refractivity contribution in [2.24, 2.45) is 5.41 Å². The van der Waals surface area contributed by atoms with Crippen LogP contribution in [0, 0.1) is 5.41 Å². The van der Waals surface area contributed by atoms with Gasteiger partial charge in [-0.25, -0.2) is 14.8 Å². The van der Waals surface area contributed by atoms with E-state index in [9.17, 15) is 18.0 Å². The number of rotatable bonds is 4. The first-order valence-corrected chi connectivity index (χ1v) is 10.9. The Kier molecular flexibility index (Phi) is 5.90. The number of carbonyl (C=O) groups is 1. The summed E-state index contributed by atoms with van der Waals surface area (Å²) in [6, 6.07) is 0. The number of alkyl halides is 3. The van der Waals surface area contributed by atoms with Gasteiger partial charge in [0.05, 0.1) is 23.7 Å². The summed E-state index contributed by atoms with van der Waals surface area (Å²) in [6.07, 6.45) is -0.794. The third-order valence-corrected chi connectivity index (χ3v) is 5.80. The molecule has 0 radical (unpaired) electrons. The lowest BCUT2D eigenvalue weighted by Crippen LogP contribution is -2.46. The maximum Gasteiger partial charge on any atom is 0.433 e. The predicted octanol–water partition coefficient (Wildman–Crippen LogP) is 3.89. The average Bonchev–Trinajstić information content (AvgIpc) is 3.38. The number of aromatic amines is 2. The largest absolute Gasteiger partial charge is 0.444 e. The fraction of sp³-hybridized carbons (Fsp3) is 0.571. The van der Waals surface area contributed by atoms with E-state index in [2.05, 4.69) is 42.4 Å². The van der Waals surface area contributed by atoms with E-state index in [1.165, 1.54) is 6.20 Å². The molecule has 0 bridgehead atoms. The van der Waals surface area contributed by atoms with Crippen LogP contribution in [0.5, 0.6) is 0 Å². The minimum Gasteiger partial charge on any atom is -0.444 e. The van der Waals surface area contributed by atoms with Crippen LogP contribution in [0.2, 0.25) is 0 Å². The van der Waals surface area contributed by atoms with E-state index in [1.807, 2.05) is 25.9 Å². The minimum absolute atomic E-state index is 0.0975. The number of ether oxygens (including phenoxy) is 1. The smallest absolute Gasteiger partial charge is 0.433 e. The van der Waals surface area contributed by atoms with Crippen LogP contribution in [0.25, 0.3) is 22.4 Å². The summed E-state index contributed by atoms with van der Waals surface area (Å²) in [7, 11) is 0. The molecule has 4 rings (SSSR count). The number of nitrogens with one attached hydrogen (secondary N) is 3. The monoisotopic (exact) mass is 480 g/mol. The molecule has 34 heavy (non-hydrogen) atoms. The van der Waals surface area contributed by atoms with Gasteiger partial charge < -0.3 is 15.0 Å². The van der Waals surface area contributed by atoms with E-state index in [0.29, 0.717) is 25.5 Å². The van der Waals surface area contributed by atoms with Crippen LogP contribution in [0.1, 0.15) is 46.2 Å². The number of alkyl carbamates (subject to hydrolysis) is 1. The predicted molar refractivity (Wildman–Crippen MR) is 118 cm³/mol. The molecule has 10 nitrogen and oxygen atoms in total. The van der Waals surface area contributed by atoms with Crippen molar-refractivity contribution in [2.75, 3.05) is 24.5 Å². The van der Waals surface area contributed by atoms with Crippen molar-refractivity contribution in [1.29, 1.82) is 0 Å². The highest BCUT2D eigenvalue weighted by molar-refractivity contribution is 5.88. The number of amides is 1. The van der Waals surface area contributed by atoms with Gasteiger partial charge in [0.2, 0.25) is 5.65 Å². The van der Waals surface area contributed by atoms with Gasteiger partial charge in [-0.2, -0.15) is 23.4 Å². The molecule has 1 saturated heterocycles. The Labute approximate surface area is 193 Å². The Morgan fingerprint density at radius 2 is 1.91 bits per heavy atom. The second-order valence-corrected chi connectivity index (χ2v) is 9.81. The lowest BCUT2D eigenvalue weighted by molar-refractivity contribution is -0.140. The van der Waals surface area contributed by atoms with Gasteiger partial charge in [0.1, 0.15) is 22.6 Å². The van der Waals surface area contributed by atoms with Crippen LogP contribution in [0.4, 0.5) is 23.8 Å². The molecule has 3 aromatic rings. The molecule has 184 valence electrons. The number of H-pyrrole nitrogens is 2. The second kappa shape index (κ2) is 8.44. The summed E-state index contributed by atoms with van der Waals surface area (Å²) >= 11 is 0. The number of fused-ring (bicyclic) bond motifs is 1. The zero-order valence-electron chi connectivity index (χ0n) is 19.4. The van der Waals surface area contributed by atoms with Crippen molar-refractivity contribution in [3.05, 3.63) is 18.1 Å². The summed E-state index contributed by atoms with van der Waals surface area (Å²) in [4.78, 5) is 22.9. The van der Waals surface area contributed by atoms with Crippen LogP contribution in [0.15, 0.2) is 12.4 Å². The molecule has 0 spiro atoms. The lowest BCUT2D eigenvalue weighted by atomic mass is 9.80. The zero-order chi connectivity index (χ0) is 24.7. The third-order valence-electron chi connectivity index (χ3n) is 5.80. The molecule has 3 N–H and O–H groups in total. The van der Waals surface area contributed by atoms with Gasteiger partial charge in [0.25, 0.3) is 0 Å². The Morgan fingerprint density at radius 3 is 2.56 bits per heavy atom. The highest BCUT2D eigenvalue weighted by Crippen LogP contribution is 2.37. The molecule has 0 atom stereocenters. The van der Waals surface area contributed by atoms with Crippen molar-refractivity contribution >= 4 is 23.1 Å². The lowest BCUT2D eigenvalue weighted by Gasteiger charge is -2.39. The van der Waals surface area contributed by atoms with Crippen LogP contribution in [-0.2, 0) is 10.9 Å². The number of anilines is 1. The van der Waals surface area contributed by atoms with E-state index in [-0.39, 0.29) is 27.8 Å². The minimum atomic E-state index is -4.59. The van der Waals surface area contributed by atoms with Crippen molar-refractivity contribution in [2.45, 2.75) is 52.3 Å². The molecule has 1 aliphatic rings. The van der Waals surface area contributed by atoms with Crippen LogP contribution in [0.3, 0.4) is 0 Å². The van der Waals surface area contributed by atoms with Gasteiger partial charge in [-0.05, 0) is 39.0 Å². The normalized spacial score (nSPS) is 16.6. The van der Waals surface area contributed by atoms with E-state index in [1.54, 1.807) is 0 Å². The average molecular weight is 480 g/mol. The molecule has 0 aromatic carbocycles. The Hall–Kier alpha value is -3.38. The molecule has 3 aromatic heterocycles. The zero-order valence-corrected chi connectivity index (χ0v) is 19.4. The fourth-order valence-corrected chi connectivity index (χ4v) is 3.87. The van der Waals surface area contributed by atoms with Gasteiger partial charge in [0.15, 0.2) is 0 Å². The van der Waals surface area contributed by atoms with E-state index < -0.39 is 23.6 Å². The quantitative estimate of drug-likeness (QED) is 0.517. The highest BCUT2D eigenvalue weighted by atomic mass is 19.4. The first-order valence-electron chi connectivity index (χ1n) is 10.9. The Balaban J connectivity index is 1.43. The second-order valence-electron chi connectivity index (χ2n) is 9.81. The summed E-state index contributed by atoms with van der Waals surface area (Å²) < 4.78 is 45.0. The van der Waals surface area contributed by atoms with E-state index in [0.717, 1.165) is 19.0 Å². The van der Waals surface area contributed by atoms with Crippen molar-refractivity contribution in [3.63, 3.8) is 0 Å². The van der Waals surface area contributed by atoms with Crippen molar-refractivity contribution in [3.8, 4) is 11.3 Å². The van der Waals surface area contributed by atoms with Crippen LogP contribution < -0.4 is 10.2 Å². The summed E-state index contributed by atoms with van der Waals surface area (Å²) in [6.45, 7) is 9.43. The molecule has 0 saturated carbocycles. The van der Waals surface area contributed by atoms with Crippen LogP contribution >= 0.6 is 0 Å². The standard InChI is InChI=1S/C21H27F3N8O2/c1-19(2,3)34-18(33)26-11-20(4)5-7-32(8-6-20)13-10-25-15-14(29-31-17(15)28-13)12-9-27-30-16(12)21(22,23)24/h9-10H,5-8,11H2,1-4H3,(H,26,33)(H,27,30)(H,28,29,31). The van der Waals surface area contributed by atoms with Gasteiger partial charge in [0, 0.05) is 19.6 Å². The molecule has 1 aliphatic heterocycles. The number of hydrogen-bond acceptors (Lipinski definition) is 7. The molecule has 13 heteroatoms. The molecular formula is C21H27F3N8O2. The van der Waals surface area contributed by atoms with E-state index >= 15 is 0 Å². The summed E-state index contributed by atoms with van der Waals surface area (Å²) in [5.41, 5.74) is -1.22. The summed E-state index contributed by atoms with van der Waals surface area (Å²) in [5, 5.41) is 15.0. The summed E-state index contributed by atoms with van der Waals surface area (Å²) in [5.74, 6) is 0.593. The number of nitrogens with zero attached hydrogens (tertiary/aromatic N) is 5. The highest BCUT2D eigenvalue weighted by Gasteiger charge is 2.37. The number of hydrogen-bond donors (Lipinski definition) is 3. The Bertz CT molecular complexity index is 1170. The third kappa shape index (κ3) is 5.07. The molecule has 4 heterocycles. The van der Waals surface area contributed by atoms with Gasteiger partial charge in [-0.15, -0.1) is 0 Å². The first kappa shape index (κ1) is 23.8. The van der Waals surface area contributed by atoms with Crippen molar-refractivity contribution in [1.82, 2.24) is 35.7 Å². The van der Waals surface area contributed by atoms with E-state index in [4.69, 9.17) is 4.74 Å². The number of aromatic nitrogens is 6. The number of piperidine rings is 1. The molecule has 1 amide bonds. The van der Waals surface area contributed by atoms with Gasteiger partial charge in [-0.1, -0.05) is 6.92 Å². The molecule has 0 aliphatic carbocycles. The fourth-order valence-electron chi connectivity index (χ4n) is 3.87. The molecule has 0 unspecified atom stereocenters. The molecule has 1 fully saturated rings. The molecular weight excluding hydrogens is 453 g/mol. The number of carbonyl (C=O) groups excluding carboxylic acids is 1. The SMILES string of the molecule is CC1(CNC(=O)OC(C)(C)C)CCN(c2cnc3c(-c4cn[nH]c4C(F)(F)F)[nH]nc3n2)CC1. The van der Waals surface area contributed by atoms with Crippen LogP contribution in [-0.4, -0.2) is 61.7 Å².